The summed E-state index contributed by atoms with van der Waals surface area (Å²) >= 11 is 0. The lowest BCUT2D eigenvalue weighted by Gasteiger charge is -2.10. The average Bonchev–Trinajstić information content (AvgIpc) is 3.53. The van der Waals surface area contributed by atoms with E-state index in [-0.39, 0.29) is 28.6 Å². The SMILES string of the molecule is CCCc1nn(C)c2c(=O)[nH]c(C(=O)c3ccccc3)nc12.CCCc1nn(C)c2c(=O)[nH]c(C(O)c3ccccc3)nc12. The Kier molecular flexibility index (Phi) is 8.91. The molecule has 0 saturated heterocycles. The van der Waals surface area contributed by atoms with Crippen molar-refractivity contribution in [2.75, 3.05) is 0 Å². The summed E-state index contributed by atoms with van der Waals surface area (Å²) in [6, 6.07) is 17.9. The Bertz CT molecular complexity index is 2040. The quantitative estimate of drug-likeness (QED) is 0.225. The minimum Gasteiger partial charge on any atom is -0.380 e. The van der Waals surface area contributed by atoms with Crippen molar-refractivity contribution < 1.29 is 9.90 Å². The standard InChI is InChI=1S/C16H18N4O2.C16H16N4O2/c2*1-3-7-11-12-13(20(2)19-11)16(22)18-15(17-12)14(21)10-8-5-4-6-9-10/h4-6,8-9,14,21H,3,7H2,1-2H3,(H,17,18,22);4-6,8-9H,3,7H2,1-2H3,(H,17,18,22). The fourth-order valence-corrected chi connectivity index (χ4v) is 5.08. The molecule has 0 aliphatic rings. The van der Waals surface area contributed by atoms with E-state index in [2.05, 4.69) is 30.1 Å². The molecule has 0 fully saturated rings. The average molecular weight is 595 g/mol. The number of aliphatic hydroxyl groups excluding tert-OH is 1. The molecule has 2 aromatic carbocycles. The Labute approximate surface area is 252 Å². The molecular weight excluding hydrogens is 560 g/mol. The fraction of sp³-hybridized carbons (Fsp3) is 0.281. The summed E-state index contributed by atoms with van der Waals surface area (Å²) in [7, 11) is 3.43. The smallest absolute Gasteiger partial charge is 0.277 e. The number of benzene rings is 2. The van der Waals surface area contributed by atoms with Gasteiger partial charge < -0.3 is 15.1 Å². The van der Waals surface area contributed by atoms with Crippen molar-refractivity contribution >= 4 is 27.9 Å². The van der Waals surface area contributed by atoms with E-state index in [4.69, 9.17) is 0 Å². The molecule has 0 aliphatic carbocycles. The first-order valence-corrected chi connectivity index (χ1v) is 14.5. The number of hydrogen-bond donors (Lipinski definition) is 3. The van der Waals surface area contributed by atoms with Crippen LogP contribution in [0.5, 0.6) is 0 Å². The van der Waals surface area contributed by atoms with Crippen LogP contribution in [0.4, 0.5) is 0 Å². The lowest BCUT2D eigenvalue weighted by Crippen LogP contribution is -2.18. The molecule has 0 amide bonds. The fourth-order valence-electron chi connectivity index (χ4n) is 5.08. The van der Waals surface area contributed by atoms with Gasteiger partial charge in [0, 0.05) is 19.7 Å². The molecule has 0 aliphatic heterocycles. The highest BCUT2D eigenvalue weighted by molar-refractivity contribution is 6.07. The van der Waals surface area contributed by atoms with Crippen molar-refractivity contribution in [2.24, 2.45) is 14.1 Å². The number of aryl methyl sites for hydroxylation is 4. The third-order valence-corrected chi connectivity index (χ3v) is 7.14. The number of H-pyrrole nitrogens is 2. The predicted octanol–water partition coefficient (Wildman–Crippen LogP) is 3.53. The summed E-state index contributed by atoms with van der Waals surface area (Å²) in [6.07, 6.45) is 2.30. The molecule has 3 N–H and O–H groups in total. The first-order valence-electron chi connectivity index (χ1n) is 14.5. The maximum atomic E-state index is 12.5. The second-order valence-electron chi connectivity index (χ2n) is 10.4. The largest absolute Gasteiger partial charge is 0.380 e. The molecule has 4 heterocycles. The van der Waals surface area contributed by atoms with Gasteiger partial charge in [0.15, 0.2) is 16.9 Å². The van der Waals surface area contributed by atoms with Gasteiger partial charge in [-0.05, 0) is 18.4 Å². The van der Waals surface area contributed by atoms with Crippen LogP contribution in [0.15, 0.2) is 70.3 Å². The minimum atomic E-state index is -0.965. The molecule has 1 atom stereocenters. The maximum Gasteiger partial charge on any atom is 0.277 e. The summed E-state index contributed by atoms with van der Waals surface area (Å²) in [6.45, 7) is 4.08. The van der Waals surface area contributed by atoms with E-state index in [1.807, 2.05) is 38.1 Å². The van der Waals surface area contributed by atoms with Gasteiger partial charge in [-0.3, -0.25) is 23.7 Å². The first kappa shape index (κ1) is 30.2. The zero-order valence-corrected chi connectivity index (χ0v) is 25.0. The molecule has 6 aromatic rings. The zero-order valence-electron chi connectivity index (χ0n) is 25.0. The summed E-state index contributed by atoms with van der Waals surface area (Å²) in [5.41, 5.74) is 3.98. The third kappa shape index (κ3) is 5.97. The topological polar surface area (TPSA) is 164 Å². The van der Waals surface area contributed by atoms with Crippen LogP contribution >= 0.6 is 0 Å². The highest BCUT2D eigenvalue weighted by Crippen LogP contribution is 2.21. The number of fused-ring (bicyclic) bond motifs is 2. The van der Waals surface area contributed by atoms with Gasteiger partial charge in [0.1, 0.15) is 23.0 Å². The maximum absolute atomic E-state index is 12.5. The van der Waals surface area contributed by atoms with Gasteiger partial charge in [-0.1, -0.05) is 87.4 Å². The highest BCUT2D eigenvalue weighted by Gasteiger charge is 2.20. The Hall–Kier alpha value is -5.23. The molecule has 12 heteroatoms. The monoisotopic (exact) mass is 594 g/mol. The number of rotatable bonds is 8. The second-order valence-corrected chi connectivity index (χ2v) is 10.4. The summed E-state index contributed by atoms with van der Waals surface area (Å²) < 4.78 is 3.06. The number of ketones is 1. The van der Waals surface area contributed by atoms with E-state index in [0.29, 0.717) is 39.6 Å². The molecule has 0 radical (unpaired) electrons. The number of aromatic amines is 2. The molecule has 0 bridgehead atoms. The first-order chi connectivity index (χ1) is 21.2. The third-order valence-electron chi connectivity index (χ3n) is 7.14. The summed E-state index contributed by atoms with van der Waals surface area (Å²) in [5.74, 6) is -0.00555. The van der Waals surface area contributed by atoms with Crippen LogP contribution in [0.25, 0.3) is 22.1 Å². The number of carbonyl (C=O) groups excluding carboxylic acids is 1. The van der Waals surface area contributed by atoms with Crippen molar-refractivity contribution in [1.82, 2.24) is 39.5 Å². The Balaban J connectivity index is 0.000000175. The summed E-state index contributed by atoms with van der Waals surface area (Å²) in [5, 5.41) is 19.1. The van der Waals surface area contributed by atoms with E-state index in [1.165, 1.54) is 4.68 Å². The molecule has 0 saturated carbocycles. The lowest BCUT2D eigenvalue weighted by molar-refractivity contribution is 0.102. The number of hydrogen-bond acceptors (Lipinski definition) is 8. The predicted molar refractivity (Wildman–Crippen MR) is 167 cm³/mol. The Morgan fingerprint density at radius 3 is 1.82 bits per heavy atom. The van der Waals surface area contributed by atoms with Crippen LogP contribution in [0, 0.1) is 0 Å². The number of nitrogens with one attached hydrogen (secondary N) is 2. The molecule has 226 valence electrons. The van der Waals surface area contributed by atoms with E-state index in [1.54, 1.807) is 55.2 Å². The van der Waals surface area contributed by atoms with Gasteiger partial charge in [0.05, 0.1) is 11.4 Å². The minimum absolute atomic E-state index is 0.0500. The highest BCUT2D eigenvalue weighted by atomic mass is 16.3. The van der Waals surface area contributed by atoms with E-state index in [9.17, 15) is 19.5 Å². The van der Waals surface area contributed by atoms with Gasteiger partial charge >= 0.3 is 0 Å². The van der Waals surface area contributed by atoms with Crippen molar-refractivity contribution in [3.8, 4) is 0 Å². The number of aromatic nitrogens is 8. The van der Waals surface area contributed by atoms with Gasteiger partial charge in [-0.15, -0.1) is 0 Å². The van der Waals surface area contributed by atoms with Crippen LogP contribution in [0.1, 0.15) is 71.8 Å². The van der Waals surface area contributed by atoms with E-state index >= 15 is 0 Å². The normalized spacial score (nSPS) is 11.8. The molecule has 1 unspecified atom stereocenters. The molecule has 0 spiro atoms. The van der Waals surface area contributed by atoms with Gasteiger partial charge in [-0.2, -0.15) is 10.2 Å². The van der Waals surface area contributed by atoms with Crippen LogP contribution < -0.4 is 11.1 Å². The van der Waals surface area contributed by atoms with E-state index in [0.717, 1.165) is 30.7 Å². The van der Waals surface area contributed by atoms with Crippen LogP contribution in [0.3, 0.4) is 0 Å². The van der Waals surface area contributed by atoms with Gasteiger partial charge in [0.2, 0.25) is 5.78 Å². The Morgan fingerprint density at radius 2 is 1.27 bits per heavy atom. The van der Waals surface area contributed by atoms with Crippen molar-refractivity contribution in [3.63, 3.8) is 0 Å². The van der Waals surface area contributed by atoms with Gasteiger partial charge in [-0.25, -0.2) is 9.97 Å². The van der Waals surface area contributed by atoms with Crippen molar-refractivity contribution in [1.29, 1.82) is 0 Å². The van der Waals surface area contributed by atoms with Crippen LogP contribution in [-0.2, 0) is 26.9 Å². The van der Waals surface area contributed by atoms with Gasteiger partial charge in [0.25, 0.3) is 11.1 Å². The second kappa shape index (κ2) is 13.0. The molecule has 44 heavy (non-hydrogen) atoms. The molecule has 12 nitrogen and oxygen atoms in total. The number of aliphatic hydroxyl groups is 1. The van der Waals surface area contributed by atoms with Crippen LogP contribution in [-0.4, -0.2) is 50.4 Å². The lowest BCUT2D eigenvalue weighted by atomic mass is 10.1. The van der Waals surface area contributed by atoms with E-state index < -0.39 is 6.10 Å². The molecule has 4 aromatic heterocycles. The Morgan fingerprint density at radius 1 is 0.773 bits per heavy atom. The molecular formula is C32H34N8O4. The molecule has 6 rings (SSSR count). The zero-order chi connectivity index (χ0) is 31.4. The number of nitrogens with zero attached hydrogens (tertiary/aromatic N) is 6. The van der Waals surface area contributed by atoms with Crippen LogP contribution in [0.2, 0.25) is 0 Å². The van der Waals surface area contributed by atoms with Crippen molar-refractivity contribution in [2.45, 2.75) is 45.6 Å². The summed E-state index contributed by atoms with van der Waals surface area (Å²) in [4.78, 5) is 51.1. The number of carbonyl (C=O) groups is 1. The van der Waals surface area contributed by atoms with Crippen molar-refractivity contribution in [3.05, 3.63) is 116 Å².